The summed E-state index contributed by atoms with van der Waals surface area (Å²) in [6, 6.07) is 8.78. The smallest absolute Gasteiger partial charge is 0.123 e. The van der Waals surface area contributed by atoms with Crippen molar-refractivity contribution in [2.75, 3.05) is 0 Å². The minimum atomic E-state index is -0.179. The van der Waals surface area contributed by atoms with E-state index in [1.807, 2.05) is 6.07 Å². The van der Waals surface area contributed by atoms with Crippen molar-refractivity contribution >= 4 is 23.7 Å². The number of hydrogen-bond donors (Lipinski definition) is 1. The summed E-state index contributed by atoms with van der Waals surface area (Å²) in [5.41, 5.74) is 7.73. The molecule has 0 bridgehead atoms. The molecule has 2 aromatic rings. The Labute approximate surface area is 105 Å². The molecule has 0 radical (unpaired) electrons. The topological polar surface area (TPSA) is 26.0 Å². The summed E-state index contributed by atoms with van der Waals surface area (Å²) in [4.78, 5) is 1.17. The lowest BCUT2D eigenvalue weighted by molar-refractivity contribution is 0.626. The molecule has 0 saturated heterocycles. The van der Waals surface area contributed by atoms with Crippen LogP contribution in [0.15, 0.2) is 35.7 Å². The summed E-state index contributed by atoms with van der Waals surface area (Å²) in [5.74, 6) is -0.179. The van der Waals surface area contributed by atoms with Crippen LogP contribution in [-0.4, -0.2) is 0 Å². The molecule has 0 saturated carbocycles. The zero-order valence-electron chi connectivity index (χ0n) is 8.65. The Morgan fingerprint density at radius 2 is 2.00 bits per heavy atom. The van der Waals surface area contributed by atoms with Gasteiger partial charge in [0.2, 0.25) is 0 Å². The molecule has 0 aliphatic carbocycles. The Morgan fingerprint density at radius 3 is 2.62 bits per heavy atom. The third-order valence-corrected chi connectivity index (χ3v) is 3.21. The van der Waals surface area contributed by atoms with Crippen molar-refractivity contribution < 1.29 is 4.39 Å². The van der Waals surface area contributed by atoms with Crippen LogP contribution in [0, 0.1) is 5.82 Å². The molecule has 86 valence electrons. The summed E-state index contributed by atoms with van der Waals surface area (Å²) >= 11 is 1.65. The van der Waals surface area contributed by atoms with Crippen molar-refractivity contribution in [1.29, 1.82) is 0 Å². The molecule has 0 aliphatic heterocycles. The lowest BCUT2D eigenvalue weighted by Crippen LogP contribution is -1.92. The van der Waals surface area contributed by atoms with Gasteiger partial charge < -0.3 is 5.73 Å². The number of hydrogen-bond acceptors (Lipinski definition) is 2. The van der Waals surface area contributed by atoms with Crippen molar-refractivity contribution in [3.63, 3.8) is 0 Å². The second-order valence-corrected chi connectivity index (χ2v) is 4.43. The molecule has 2 rings (SSSR count). The molecule has 1 aromatic heterocycles. The number of benzene rings is 1. The minimum Gasteiger partial charge on any atom is -0.326 e. The Bertz CT molecular complexity index is 456. The van der Waals surface area contributed by atoms with Gasteiger partial charge in [-0.15, -0.1) is 23.7 Å². The Kier molecular flexibility index (Phi) is 4.93. The van der Waals surface area contributed by atoms with Crippen molar-refractivity contribution in [3.8, 4) is 0 Å². The largest absolute Gasteiger partial charge is 0.326 e. The highest BCUT2D eigenvalue weighted by Gasteiger charge is 2.01. The maximum Gasteiger partial charge on any atom is 0.123 e. The normalized spacial score (nSPS) is 9.88. The molecule has 0 unspecified atom stereocenters. The van der Waals surface area contributed by atoms with Crippen LogP contribution in [0.3, 0.4) is 0 Å². The van der Waals surface area contributed by atoms with E-state index in [1.54, 1.807) is 23.5 Å². The fourth-order valence-corrected chi connectivity index (χ4v) is 2.28. The first-order valence-corrected chi connectivity index (χ1v) is 5.66. The van der Waals surface area contributed by atoms with E-state index in [0.717, 1.165) is 12.0 Å². The van der Waals surface area contributed by atoms with E-state index in [2.05, 4.69) is 11.4 Å². The lowest BCUT2D eigenvalue weighted by atomic mass is 10.1. The molecule has 0 fully saturated rings. The quantitative estimate of drug-likeness (QED) is 0.897. The summed E-state index contributed by atoms with van der Waals surface area (Å²) in [6.45, 7) is 0.577. The number of nitrogens with two attached hydrogens (primary N) is 1. The molecular weight excluding hydrogens is 245 g/mol. The van der Waals surface area contributed by atoms with Crippen molar-refractivity contribution in [1.82, 2.24) is 0 Å². The molecule has 0 amide bonds. The van der Waals surface area contributed by atoms with Crippen LogP contribution in [0.4, 0.5) is 4.39 Å². The third-order valence-electron chi connectivity index (χ3n) is 2.21. The van der Waals surface area contributed by atoms with E-state index in [-0.39, 0.29) is 18.2 Å². The molecule has 16 heavy (non-hydrogen) atoms. The molecule has 0 spiro atoms. The van der Waals surface area contributed by atoms with Gasteiger partial charge in [0.05, 0.1) is 0 Å². The van der Waals surface area contributed by atoms with E-state index in [9.17, 15) is 4.39 Å². The summed E-state index contributed by atoms with van der Waals surface area (Å²) < 4.78 is 12.9. The second-order valence-electron chi connectivity index (χ2n) is 3.43. The van der Waals surface area contributed by atoms with Gasteiger partial charge in [-0.2, -0.15) is 0 Å². The maximum atomic E-state index is 12.9. The highest BCUT2D eigenvalue weighted by Crippen LogP contribution is 2.17. The first kappa shape index (κ1) is 13.2. The maximum absolute atomic E-state index is 12.9. The van der Waals surface area contributed by atoms with Crippen molar-refractivity contribution in [2.24, 2.45) is 5.73 Å². The molecule has 1 nitrogen and oxygen atoms in total. The Hall–Kier alpha value is -0.900. The average Bonchev–Trinajstić information content (AvgIpc) is 2.65. The third kappa shape index (κ3) is 3.30. The molecule has 0 atom stereocenters. The molecular formula is C12H13ClFNS. The molecule has 4 heteroatoms. The van der Waals surface area contributed by atoms with Crippen molar-refractivity contribution in [2.45, 2.75) is 13.0 Å². The van der Waals surface area contributed by atoms with Gasteiger partial charge >= 0.3 is 0 Å². The van der Waals surface area contributed by atoms with E-state index in [4.69, 9.17) is 5.73 Å². The van der Waals surface area contributed by atoms with Crippen LogP contribution in [0.1, 0.15) is 16.0 Å². The van der Waals surface area contributed by atoms with Gasteiger partial charge in [-0.05, 0) is 41.1 Å². The monoisotopic (exact) mass is 257 g/mol. The summed E-state index contributed by atoms with van der Waals surface area (Å²) in [5, 5.41) is 2.08. The molecule has 1 aromatic carbocycles. The number of rotatable bonds is 3. The van der Waals surface area contributed by atoms with Gasteiger partial charge in [-0.25, -0.2) is 4.39 Å². The standard InChI is InChI=1S/C12H12FNS.ClH/c13-11-3-1-2-9(5-11)4-10-6-12(7-14)15-8-10;/h1-3,5-6,8H,4,7,14H2;1H. The number of halogens is 2. The predicted molar refractivity (Wildman–Crippen MR) is 68.7 cm³/mol. The Balaban J connectivity index is 0.00000128. The van der Waals surface area contributed by atoms with Gasteiger partial charge in [0.1, 0.15) is 5.82 Å². The van der Waals surface area contributed by atoms with Crippen LogP contribution in [0.5, 0.6) is 0 Å². The number of thiophene rings is 1. The highest BCUT2D eigenvalue weighted by atomic mass is 35.5. The van der Waals surface area contributed by atoms with Gasteiger partial charge in [0, 0.05) is 11.4 Å². The van der Waals surface area contributed by atoms with E-state index in [1.165, 1.54) is 16.5 Å². The first-order chi connectivity index (χ1) is 7.28. The highest BCUT2D eigenvalue weighted by molar-refractivity contribution is 7.10. The van der Waals surface area contributed by atoms with Gasteiger partial charge in [0.25, 0.3) is 0 Å². The SMILES string of the molecule is Cl.NCc1cc(Cc2cccc(F)c2)cs1. The van der Waals surface area contributed by atoms with Crippen LogP contribution < -0.4 is 5.73 Å². The zero-order chi connectivity index (χ0) is 10.7. The molecule has 0 aliphatic rings. The zero-order valence-corrected chi connectivity index (χ0v) is 10.3. The molecule has 1 heterocycles. The van der Waals surface area contributed by atoms with E-state index >= 15 is 0 Å². The first-order valence-electron chi connectivity index (χ1n) is 4.79. The predicted octanol–water partition coefficient (Wildman–Crippen LogP) is 3.36. The van der Waals surface area contributed by atoms with E-state index < -0.39 is 0 Å². The van der Waals surface area contributed by atoms with Crippen molar-refractivity contribution in [3.05, 3.63) is 57.5 Å². The second kappa shape index (κ2) is 5.99. The van der Waals surface area contributed by atoms with E-state index in [0.29, 0.717) is 6.54 Å². The van der Waals surface area contributed by atoms with Crippen LogP contribution >= 0.6 is 23.7 Å². The molecule has 2 N–H and O–H groups in total. The van der Waals surface area contributed by atoms with Gasteiger partial charge in [-0.3, -0.25) is 0 Å². The lowest BCUT2D eigenvalue weighted by Gasteiger charge is -1.98. The van der Waals surface area contributed by atoms with Gasteiger partial charge in [-0.1, -0.05) is 12.1 Å². The van der Waals surface area contributed by atoms with Crippen LogP contribution in [-0.2, 0) is 13.0 Å². The fourth-order valence-electron chi connectivity index (χ4n) is 1.51. The fraction of sp³-hybridized carbons (Fsp3) is 0.167. The minimum absolute atomic E-state index is 0. The Morgan fingerprint density at radius 1 is 1.19 bits per heavy atom. The van der Waals surface area contributed by atoms with Gasteiger partial charge in [0.15, 0.2) is 0 Å². The average molecular weight is 258 g/mol. The van der Waals surface area contributed by atoms with Crippen LogP contribution in [0.2, 0.25) is 0 Å². The summed E-state index contributed by atoms with van der Waals surface area (Å²) in [7, 11) is 0. The van der Waals surface area contributed by atoms with Crippen LogP contribution in [0.25, 0.3) is 0 Å². The summed E-state index contributed by atoms with van der Waals surface area (Å²) in [6.07, 6.45) is 0.772.